The average Bonchev–Trinajstić information content (AvgIpc) is 2.90. The van der Waals surface area contributed by atoms with Crippen molar-refractivity contribution >= 4 is 23.1 Å². The highest BCUT2D eigenvalue weighted by molar-refractivity contribution is 5.83. The normalized spacial score (nSPS) is 11.2. The highest BCUT2D eigenvalue weighted by atomic mass is 16.5. The molecule has 1 aromatic heterocycles. The second-order valence-electron chi connectivity index (χ2n) is 8.02. The van der Waals surface area contributed by atoms with Crippen LogP contribution < -0.4 is 10.3 Å². The fourth-order valence-electron chi connectivity index (χ4n) is 4.03. The Labute approximate surface area is 198 Å². The fraction of sp³-hybridized carbons (Fsp3) is 0.0667. The van der Waals surface area contributed by atoms with Crippen LogP contribution in [0.25, 0.3) is 34.4 Å². The largest absolute Gasteiger partial charge is 0.497 e. The molecule has 0 amide bonds. The number of aromatic nitrogens is 2. The highest BCUT2D eigenvalue weighted by Gasteiger charge is 2.15. The molecular weight excluding hydrogens is 420 g/mol. The van der Waals surface area contributed by atoms with E-state index in [9.17, 15) is 4.79 Å². The van der Waals surface area contributed by atoms with Crippen LogP contribution >= 0.6 is 0 Å². The van der Waals surface area contributed by atoms with Crippen molar-refractivity contribution < 1.29 is 4.74 Å². The SMILES string of the molecule is COc1ccc(Cn2c(-c3ccccc3/C=C/c3ccccc3)nc3ccccc3c2=O)cc1. The number of rotatable bonds is 6. The van der Waals surface area contributed by atoms with Gasteiger partial charge in [0.1, 0.15) is 11.6 Å². The van der Waals surface area contributed by atoms with Crippen molar-refractivity contribution in [3.63, 3.8) is 0 Å². The summed E-state index contributed by atoms with van der Waals surface area (Å²) in [5.41, 5.74) is 4.65. The molecule has 4 aromatic carbocycles. The predicted molar refractivity (Wildman–Crippen MR) is 139 cm³/mol. The van der Waals surface area contributed by atoms with Crippen LogP contribution in [-0.4, -0.2) is 16.7 Å². The van der Waals surface area contributed by atoms with E-state index in [1.165, 1.54) is 0 Å². The van der Waals surface area contributed by atoms with Gasteiger partial charge in [0.05, 0.1) is 24.6 Å². The maximum absolute atomic E-state index is 13.6. The number of benzene rings is 4. The number of hydrogen-bond acceptors (Lipinski definition) is 3. The smallest absolute Gasteiger partial charge is 0.261 e. The van der Waals surface area contributed by atoms with E-state index in [1.807, 2.05) is 91.0 Å². The number of ether oxygens (including phenoxy) is 1. The first-order chi connectivity index (χ1) is 16.7. The molecule has 0 fully saturated rings. The lowest BCUT2D eigenvalue weighted by molar-refractivity contribution is 0.414. The van der Waals surface area contributed by atoms with Crippen LogP contribution in [0.5, 0.6) is 5.75 Å². The van der Waals surface area contributed by atoms with Crippen LogP contribution in [0.2, 0.25) is 0 Å². The summed E-state index contributed by atoms with van der Waals surface area (Å²) in [6.45, 7) is 0.409. The first-order valence-electron chi connectivity index (χ1n) is 11.2. The van der Waals surface area contributed by atoms with Crippen molar-refractivity contribution in [1.29, 1.82) is 0 Å². The zero-order valence-corrected chi connectivity index (χ0v) is 18.9. The van der Waals surface area contributed by atoms with Crippen LogP contribution in [-0.2, 0) is 6.54 Å². The summed E-state index contributed by atoms with van der Waals surface area (Å²) in [5, 5.41) is 0.608. The molecule has 166 valence electrons. The maximum Gasteiger partial charge on any atom is 0.261 e. The van der Waals surface area contributed by atoms with E-state index < -0.39 is 0 Å². The van der Waals surface area contributed by atoms with Gasteiger partial charge < -0.3 is 4.74 Å². The Hall–Kier alpha value is -4.44. The van der Waals surface area contributed by atoms with Gasteiger partial charge in [-0.05, 0) is 41.0 Å². The zero-order valence-electron chi connectivity index (χ0n) is 18.9. The Morgan fingerprint density at radius 1 is 0.794 bits per heavy atom. The maximum atomic E-state index is 13.6. The van der Waals surface area contributed by atoms with Gasteiger partial charge in [0.2, 0.25) is 0 Å². The molecule has 0 spiro atoms. The second kappa shape index (κ2) is 9.59. The molecule has 0 atom stereocenters. The standard InChI is InChI=1S/C30H24N2O2/c1-34-25-19-16-23(17-20-25)21-32-29(31-28-14-8-7-13-27(28)30(32)33)26-12-6-5-11-24(26)18-15-22-9-3-2-4-10-22/h2-20H,21H2,1H3/b18-15+. The molecule has 0 aliphatic heterocycles. The van der Waals surface area contributed by atoms with Gasteiger partial charge in [0.25, 0.3) is 5.56 Å². The minimum Gasteiger partial charge on any atom is -0.497 e. The summed E-state index contributed by atoms with van der Waals surface area (Å²) in [7, 11) is 1.64. The Bertz CT molecular complexity index is 1520. The quantitative estimate of drug-likeness (QED) is 0.289. The molecule has 0 bridgehead atoms. The fourth-order valence-corrected chi connectivity index (χ4v) is 4.03. The van der Waals surface area contributed by atoms with Crippen LogP contribution in [0.15, 0.2) is 108 Å². The number of fused-ring (bicyclic) bond motifs is 1. The number of para-hydroxylation sites is 1. The Balaban J connectivity index is 1.66. The summed E-state index contributed by atoms with van der Waals surface area (Å²) in [5.74, 6) is 1.43. The second-order valence-corrected chi connectivity index (χ2v) is 8.02. The van der Waals surface area contributed by atoms with Gasteiger partial charge in [-0.25, -0.2) is 4.98 Å². The zero-order chi connectivity index (χ0) is 23.3. The van der Waals surface area contributed by atoms with Gasteiger partial charge >= 0.3 is 0 Å². The van der Waals surface area contributed by atoms with Crippen molar-refractivity contribution in [2.45, 2.75) is 6.54 Å². The van der Waals surface area contributed by atoms with Crippen LogP contribution in [0.1, 0.15) is 16.7 Å². The molecule has 5 rings (SSSR count). The first-order valence-corrected chi connectivity index (χ1v) is 11.2. The lowest BCUT2D eigenvalue weighted by Gasteiger charge is -2.16. The van der Waals surface area contributed by atoms with E-state index in [4.69, 9.17) is 9.72 Å². The van der Waals surface area contributed by atoms with E-state index in [1.54, 1.807) is 11.7 Å². The number of nitrogens with zero attached hydrogens (tertiary/aromatic N) is 2. The summed E-state index contributed by atoms with van der Waals surface area (Å²) in [6.07, 6.45) is 4.15. The van der Waals surface area contributed by atoms with Gasteiger partial charge in [0, 0.05) is 5.56 Å². The summed E-state index contributed by atoms with van der Waals surface area (Å²) < 4.78 is 7.05. The Morgan fingerprint density at radius 3 is 2.29 bits per heavy atom. The van der Waals surface area contributed by atoms with Crippen molar-refractivity contribution in [3.8, 4) is 17.1 Å². The van der Waals surface area contributed by atoms with Crippen LogP contribution in [0, 0.1) is 0 Å². The van der Waals surface area contributed by atoms with Gasteiger partial charge in [-0.2, -0.15) is 0 Å². The summed E-state index contributed by atoms with van der Waals surface area (Å²) in [4.78, 5) is 18.6. The number of hydrogen-bond donors (Lipinski definition) is 0. The van der Waals surface area contributed by atoms with E-state index in [2.05, 4.69) is 24.3 Å². The molecular formula is C30H24N2O2. The molecule has 4 nitrogen and oxygen atoms in total. The van der Waals surface area contributed by atoms with Crippen LogP contribution in [0.4, 0.5) is 0 Å². The Morgan fingerprint density at radius 2 is 1.50 bits per heavy atom. The molecule has 0 aliphatic rings. The number of methoxy groups -OCH3 is 1. The summed E-state index contributed by atoms with van der Waals surface area (Å²) >= 11 is 0. The Kier molecular flexibility index (Phi) is 6.04. The van der Waals surface area contributed by atoms with Crippen LogP contribution in [0.3, 0.4) is 0 Å². The molecule has 0 N–H and O–H groups in total. The van der Waals surface area contributed by atoms with Crippen molar-refractivity contribution in [2.24, 2.45) is 0 Å². The molecule has 0 saturated carbocycles. The highest BCUT2D eigenvalue weighted by Crippen LogP contribution is 2.26. The molecule has 0 saturated heterocycles. The van der Waals surface area contributed by atoms with Crippen molar-refractivity contribution in [1.82, 2.24) is 9.55 Å². The molecule has 0 radical (unpaired) electrons. The molecule has 5 aromatic rings. The van der Waals surface area contributed by atoms with Gasteiger partial charge in [-0.1, -0.05) is 91.0 Å². The third kappa shape index (κ3) is 4.39. The van der Waals surface area contributed by atoms with E-state index in [0.717, 1.165) is 28.0 Å². The third-order valence-corrected chi connectivity index (χ3v) is 5.82. The van der Waals surface area contributed by atoms with Gasteiger partial charge in [0.15, 0.2) is 0 Å². The molecule has 0 unspecified atom stereocenters. The predicted octanol–water partition coefficient (Wildman–Crippen LogP) is 6.29. The third-order valence-electron chi connectivity index (χ3n) is 5.82. The average molecular weight is 445 g/mol. The topological polar surface area (TPSA) is 44.1 Å². The lowest BCUT2D eigenvalue weighted by Crippen LogP contribution is -2.24. The minimum atomic E-state index is -0.0572. The lowest BCUT2D eigenvalue weighted by atomic mass is 10.0. The molecule has 0 aliphatic carbocycles. The van der Waals surface area contributed by atoms with Crippen molar-refractivity contribution in [2.75, 3.05) is 7.11 Å². The van der Waals surface area contributed by atoms with E-state index in [0.29, 0.717) is 23.3 Å². The van der Waals surface area contributed by atoms with Gasteiger partial charge in [-0.3, -0.25) is 9.36 Å². The van der Waals surface area contributed by atoms with E-state index >= 15 is 0 Å². The summed E-state index contributed by atoms with van der Waals surface area (Å²) in [6, 6.07) is 33.5. The van der Waals surface area contributed by atoms with Gasteiger partial charge in [-0.15, -0.1) is 0 Å². The molecule has 34 heavy (non-hydrogen) atoms. The molecule has 1 heterocycles. The first kappa shape index (κ1) is 21.4. The van der Waals surface area contributed by atoms with E-state index in [-0.39, 0.29) is 5.56 Å². The minimum absolute atomic E-state index is 0.0572. The molecule has 4 heteroatoms. The van der Waals surface area contributed by atoms with Crippen molar-refractivity contribution in [3.05, 3.63) is 130 Å². The monoisotopic (exact) mass is 444 g/mol.